The minimum absolute atomic E-state index is 0.0679. The standard InChI is InChI=1S/C39H47NO6/c1-39(2,3)32-20-18-27(17-19-28(23-26-11-5-4-6-12-26)45-38(44)22-21-37(42)43)24-33(32)40-36(41)25-31-29-13-7-9-15-34(29)46-35-16-10-8-14-30(31)35/h7-10,13-16,18,20,24,26,28,31H,4-6,11-12,17,19,21-23,25H2,1-3H3,(H,40,41)(H,42,43). The fraction of sp³-hybridized carbons (Fsp3) is 0.462. The fourth-order valence-corrected chi connectivity index (χ4v) is 6.92. The maximum absolute atomic E-state index is 13.8. The first kappa shape index (κ1) is 33.2. The Bertz CT molecular complexity index is 1490. The molecule has 1 unspecified atom stereocenters. The summed E-state index contributed by atoms with van der Waals surface area (Å²) in [6, 6.07) is 22.1. The maximum Gasteiger partial charge on any atom is 0.306 e. The molecule has 1 aliphatic carbocycles. The van der Waals surface area contributed by atoms with Gasteiger partial charge in [-0.15, -0.1) is 0 Å². The van der Waals surface area contributed by atoms with E-state index < -0.39 is 11.9 Å². The highest BCUT2D eigenvalue weighted by molar-refractivity contribution is 5.93. The SMILES string of the molecule is CC(C)(C)c1ccc(CCC(CC2CCCCC2)OC(=O)CCC(=O)O)cc1NC(=O)CC1c2ccccc2Oc2ccccc21. The lowest BCUT2D eigenvalue weighted by Crippen LogP contribution is -2.24. The number of hydrogen-bond acceptors (Lipinski definition) is 5. The van der Waals surface area contributed by atoms with E-state index in [1.165, 1.54) is 19.3 Å². The molecular weight excluding hydrogens is 578 g/mol. The van der Waals surface area contributed by atoms with E-state index >= 15 is 0 Å². The number of fused-ring (bicyclic) bond motifs is 2. The van der Waals surface area contributed by atoms with E-state index in [0.717, 1.165) is 58.7 Å². The highest BCUT2D eigenvalue weighted by Gasteiger charge is 2.30. The van der Waals surface area contributed by atoms with Crippen LogP contribution in [-0.2, 0) is 31.0 Å². The summed E-state index contributed by atoms with van der Waals surface area (Å²) in [5.41, 5.74) is 4.72. The van der Waals surface area contributed by atoms with Crippen LogP contribution in [0.2, 0.25) is 0 Å². The number of aryl methyl sites for hydroxylation is 1. The molecule has 0 spiro atoms. The molecule has 1 heterocycles. The van der Waals surface area contributed by atoms with Crippen LogP contribution in [0, 0.1) is 5.92 Å². The molecule has 0 radical (unpaired) electrons. The van der Waals surface area contributed by atoms with Crippen molar-refractivity contribution in [3.05, 3.63) is 89.0 Å². The molecule has 3 aromatic carbocycles. The Morgan fingerprint density at radius 3 is 2.20 bits per heavy atom. The van der Waals surface area contributed by atoms with Crippen LogP contribution < -0.4 is 10.1 Å². The predicted octanol–water partition coefficient (Wildman–Crippen LogP) is 8.93. The van der Waals surface area contributed by atoms with Crippen LogP contribution in [0.3, 0.4) is 0 Å². The van der Waals surface area contributed by atoms with Crippen LogP contribution in [0.4, 0.5) is 5.69 Å². The monoisotopic (exact) mass is 625 g/mol. The Kier molecular flexibility index (Phi) is 10.8. The van der Waals surface area contributed by atoms with Gasteiger partial charge in [-0.05, 0) is 59.9 Å². The first-order chi connectivity index (χ1) is 22.1. The molecule has 0 aromatic heterocycles. The van der Waals surface area contributed by atoms with E-state index in [0.29, 0.717) is 18.8 Å². The van der Waals surface area contributed by atoms with Gasteiger partial charge in [-0.1, -0.05) is 101 Å². The molecule has 7 nitrogen and oxygen atoms in total. The number of hydrogen-bond donors (Lipinski definition) is 2. The number of para-hydroxylation sites is 2. The van der Waals surface area contributed by atoms with Gasteiger partial charge in [0.15, 0.2) is 0 Å². The normalized spacial score (nSPS) is 15.6. The Labute approximate surface area is 272 Å². The van der Waals surface area contributed by atoms with Crippen molar-refractivity contribution in [2.24, 2.45) is 5.92 Å². The Balaban J connectivity index is 1.31. The Morgan fingerprint density at radius 2 is 1.57 bits per heavy atom. The number of carboxylic acid groups (broad SMARTS) is 1. The van der Waals surface area contributed by atoms with Crippen molar-refractivity contribution in [2.45, 2.75) is 109 Å². The van der Waals surface area contributed by atoms with Crippen LogP contribution in [0.1, 0.15) is 113 Å². The lowest BCUT2D eigenvalue weighted by molar-refractivity contribution is -0.153. The van der Waals surface area contributed by atoms with Crippen LogP contribution in [0.15, 0.2) is 66.7 Å². The maximum atomic E-state index is 13.8. The Hall–Kier alpha value is -4.13. The molecule has 2 N–H and O–H groups in total. The molecule has 5 rings (SSSR count). The van der Waals surface area contributed by atoms with Crippen molar-refractivity contribution in [3.8, 4) is 11.5 Å². The molecule has 1 amide bonds. The molecular formula is C39H47NO6. The average Bonchev–Trinajstić information content (AvgIpc) is 3.02. The molecule has 7 heteroatoms. The van der Waals surface area contributed by atoms with E-state index in [2.05, 4.69) is 44.3 Å². The summed E-state index contributed by atoms with van der Waals surface area (Å²) in [6.07, 6.45) is 7.73. The molecule has 0 bridgehead atoms. The van der Waals surface area contributed by atoms with E-state index in [1.54, 1.807) is 0 Å². The molecule has 1 saturated carbocycles. The van der Waals surface area contributed by atoms with Crippen molar-refractivity contribution in [1.29, 1.82) is 0 Å². The summed E-state index contributed by atoms with van der Waals surface area (Å²) in [7, 11) is 0. The molecule has 1 fully saturated rings. The highest BCUT2D eigenvalue weighted by Crippen LogP contribution is 2.45. The molecule has 1 atom stereocenters. The molecule has 2 aliphatic rings. The van der Waals surface area contributed by atoms with E-state index in [1.807, 2.05) is 48.5 Å². The molecule has 0 saturated heterocycles. The molecule has 1 aliphatic heterocycles. The van der Waals surface area contributed by atoms with Crippen LogP contribution in [-0.4, -0.2) is 29.1 Å². The van der Waals surface area contributed by atoms with Gasteiger partial charge >= 0.3 is 11.9 Å². The van der Waals surface area contributed by atoms with Crippen molar-refractivity contribution in [1.82, 2.24) is 0 Å². The summed E-state index contributed by atoms with van der Waals surface area (Å²) >= 11 is 0. The smallest absolute Gasteiger partial charge is 0.306 e. The fourth-order valence-electron chi connectivity index (χ4n) is 6.92. The number of nitrogens with one attached hydrogen (secondary N) is 1. The second-order valence-electron chi connectivity index (χ2n) is 13.9. The zero-order chi connectivity index (χ0) is 32.7. The third kappa shape index (κ3) is 8.77. The number of benzene rings is 3. The van der Waals surface area contributed by atoms with Gasteiger partial charge in [0, 0.05) is 29.2 Å². The number of amides is 1. The van der Waals surface area contributed by atoms with Gasteiger partial charge in [0.25, 0.3) is 0 Å². The van der Waals surface area contributed by atoms with Crippen LogP contribution in [0.5, 0.6) is 11.5 Å². The number of carbonyl (C=O) groups is 3. The number of carboxylic acids is 1. The van der Waals surface area contributed by atoms with Gasteiger partial charge in [0.1, 0.15) is 17.6 Å². The topological polar surface area (TPSA) is 102 Å². The Morgan fingerprint density at radius 1 is 0.913 bits per heavy atom. The third-order valence-electron chi connectivity index (χ3n) is 9.28. The first-order valence-electron chi connectivity index (χ1n) is 16.8. The highest BCUT2D eigenvalue weighted by atomic mass is 16.5. The zero-order valence-corrected chi connectivity index (χ0v) is 27.3. The van der Waals surface area contributed by atoms with Gasteiger partial charge < -0.3 is 19.9 Å². The summed E-state index contributed by atoms with van der Waals surface area (Å²) < 4.78 is 12.0. The molecule has 46 heavy (non-hydrogen) atoms. The molecule has 3 aromatic rings. The zero-order valence-electron chi connectivity index (χ0n) is 27.3. The minimum atomic E-state index is -1.00. The average molecular weight is 626 g/mol. The van der Waals surface area contributed by atoms with E-state index in [4.69, 9.17) is 14.6 Å². The van der Waals surface area contributed by atoms with Crippen molar-refractivity contribution >= 4 is 23.5 Å². The van der Waals surface area contributed by atoms with Gasteiger partial charge in [-0.3, -0.25) is 14.4 Å². The lowest BCUT2D eigenvalue weighted by atomic mass is 9.83. The van der Waals surface area contributed by atoms with Gasteiger partial charge in [-0.25, -0.2) is 0 Å². The van der Waals surface area contributed by atoms with Gasteiger partial charge in [0.2, 0.25) is 5.91 Å². The lowest BCUT2D eigenvalue weighted by Gasteiger charge is -2.29. The summed E-state index contributed by atoms with van der Waals surface area (Å²) in [4.78, 5) is 37.3. The predicted molar refractivity (Wildman–Crippen MR) is 179 cm³/mol. The quantitative estimate of drug-likeness (QED) is 0.195. The number of aliphatic carboxylic acids is 1. The van der Waals surface area contributed by atoms with Crippen molar-refractivity contribution in [2.75, 3.05) is 5.32 Å². The van der Waals surface area contributed by atoms with Crippen molar-refractivity contribution in [3.63, 3.8) is 0 Å². The third-order valence-corrected chi connectivity index (χ3v) is 9.28. The number of rotatable bonds is 12. The van der Waals surface area contributed by atoms with Gasteiger partial charge in [0.05, 0.1) is 12.8 Å². The van der Waals surface area contributed by atoms with E-state index in [-0.39, 0.29) is 42.6 Å². The number of anilines is 1. The summed E-state index contributed by atoms with van der Waals surface area (Å²) in [5, 5.41) is 12.3. The van der Waals surface area contributed by atoms with Crippen molar-refractivity contribution < 1.29 is 29.0 Å². The second kappa shape index (κ2) is 15.0. The second-order valence-corrected chi connectivity index (χ2v) is 13.9. The van der Waals surface area contributed by atoms with Gasteiger partial charge in [-0.2, -0.15) is 0 Å². The number of esters is 1. The number of ether oxygens (including phenoxy) is 2. The molecule has 244 valence electrons. The largest absolute Gasteiger partial charge is 0.481 e. The minimum Gasteiger partial charge on any atom is -0.481 e. The van der Waals surface area contributed by atoms with E-state index in [9.17, 15) is 14.4 Å². The first-order valence-corrected chi connectivity index (χ1v) is 16.8. The summed E-state index contributed by atoms with van der Waals surface area (Å²) in [6.45, 7) is 6.41. The summed E-state index contributed by atoms with van der Waals surface area (Å²) in [5.74, 6) is 0.436. The van der Waals surface area contributed by atoms with Crippen LogP contribution >= 0.6 is 0 Å². The number of carbonyl (C=O) groups excluding carboxylic acids is 2. The van der Waals surface area contributed by atoms with Crippen LogP contribution in [0.25, 0.3) is 0 Å².